The molecule has 0 saturated carbocycles. The van der Waals surface area contributed by atoms with Gasteiger partial charge in [-0.1, -0.05) is 18.7 Å². The van der Waals surface area contributed by atoms with Crippen LogP contribution in [0.1, 0.15) is 30.8 Å². The summed E-state index contributed by atoms with van der Waals surface area (Å²) in [6.07, 6.45) is 1.79. The summed E-state index contributed by atoms with van der Waals surface area (Å²) in [5.74, 6) is 0. The second-order valence-corrected chi connectivity index (χ2v) is 12.0. The van der Waals surface area contributed by atoms with Gasteiger partial charge in [-0.25, -0.2) is 0 Å². The number of nitrogens with one attached hydrogen (secondary N) is 3. The molecule has 2 aromatic heterocycles. The first-order valence-corrected chi connectivity index (χ1v) is 14.8. The van der Waals surface area contributed by atoms with Crippen LogP contribution in [0.5, 0.6) is 0 Å². The van der Waals surface area contributed by atoms with E-state index in [0.717, 1.165) is 81.7 Å². The summed E-state index contributed by atoms with van der Waals surface area (Å²) in [6.45, 7) is 15.0. The molecule has 0 unspecified atom stereocenters. The van der Waals surface area contributed by atoms with E-state index < -0.39 is 0 Å². The molecule has 5 aromatic rings. The summed E-state index contributed by atoms with van der Waals surface area (Å²) in [6, 6.07) is 26.6. The number of fused-ring (bicyclic) bond motifs is 1. The van der Waals surface area contributed by atoms with Crippen LogP contribution in [0.2, 0.25) is 0 Å². The lowest BCUT2D eigenvalue weighted by atomic mass is 10.1. The van der Waals surface area contributed by atoms with Crippen LogP contribution in [-0.4, -0.2) is 35.3 Å². The smallest absolute Gasteiger partial charge is 0.0801 e. The summed E-state index contributed by atoms with van der Waals surface area (Å²) in [4.78, 5) is 11.4. The van der Waals surface area contributed by atoms with Crippen molar-refractivity contribution in [1.29, 1.82) is 0 Å². The van der Waals surface area contributed by atoms with Crippen molar-refractivity contribution in [2.45, 2.75) is 33.3 Å². The van der Waals surface area contributed by atoms with Crippen molar-refractivity contribution < 1.29 is 4.74 Å². The molecule has 1 saturated heterocycles. The molecule has 8 nitrogen and oxygen atoms in total. The number of nitrogen functional groups attached to an aromatic ring is 1. The Labute approximate surface area is 259 Å². The van der Waals surface area contributed by atoms with Crippen molar-refractivity contribution in [3.63, 3.8) is 0 Å². The van der Waals surface area contributed by atoms with Crippen molar-refractivity contribution in [2.75, 3.05) is 46.3 Å². The van der Waals surface area contributed by atoms with Gasteiger partial charge in [0, 0.05) is 70.2 Å². The van der Waals surface area contributed by atoms with Gasteiger partial charge in [-0.2, -0.15) is 0 Å². The van der Waals surface area contributed by atoms with Gasteiger partial charge in [0.1, 0.15) is 0 Å². The normalized spacial score (nSPS) is 14.3. The molecule has 44 heavy (non-hydrogen) atoms. The average molecular weight is 586 g/mol. The number of aromatic nitrogens is 2. The maximum atomic E-state index is 6.31. The van der Waals surface area contributed by atoms with Crippen LogP contribution < -0.4 is 26.6 Å². The van der Waals surface area contributed by atoms with E-state index in [2.05, 4.69) is 82.7 Å². The van der Waals surface area contributed by atoms with E-state index in [9.17, 15) is 0 Å². The first kappa shape index (κ1) is 29.0. The van der Waals surface area contributed by atoms with Crippen LogP contribution in [0.15, 0.2) is 91.6 Å². The van der Waals surface area contributed by atoms with Gasteiger partial charge < -0.3 is 31.3 Å². The number of hydrogen-bond donors (Lipinski definition) is 4. The number of nitrogens with two attached hydrogens (primary N) is 1. The molecule has 1 aliphatic heterocycles. The molecule has 0 amide bonds. The van der Waals surface area contributed by atoms with Crippen molar-refractivity contribution in [2.24, 2.45) is 0 Å². The lowest BCUT2D eigenvalue weighted by molar-refractivity contribution is -0.0276. The number of rotatable bonds is 8. The third-order valence-electron chi connectivity index (χ3n) is 7.75. The van der Waals surface area contributed by atoms with Crippen LogP contribution in [0.25, 0.3) is 16.6 Å². The van der Waals surface area contributed by atoms with Gasteiger partial charge in [-0.3, -0.25) is 9.97 Å². The molecular formula is C36H39N7O. The van der Waals surface area contributed by atoms with E-state index in [0.29, 0.717) is 5.69 Å². The van der Waals surface area contributed by atoms with Gasteiger partial charge in [0.2, 0.25) is 0 Å². The summed E-state index contributed by atoms with van der Waals surface area (Å²) in [5, 5.41) is 11.5. The Morgan fingerprint density at radius 1 is 0.864 bits per heavy atom. The van der Waals surface area contributed by atoms with Crippen LogP contribution in [0.4, 0.5) is 39.8 Å². The van der Waals surface area contributed by atoms with Crippen LogP contribution in [0, 0.1) is 13.8 Å². The molecule has 0 radical (unpaired) electrons. The minimum Gasteiger partial charge on any atom is -0.397 e. The number of pyridine rings is 2. The number of aryl methyl sites for hydroxylation is 2. The Bertz CT molecular complexity index is 1830. The van der Waals surface area contributed by atoms with E-state index in [-0.39, 0.29) is 5.60 Å². The molecule has 6 rings (SSSR count). The van der Waals surface area contributed by atoms with Gasteiger partial charge in [0.05, 0.1) is 29.1 Å². The molecule has 3 aromatic carbocycles. The Morgan fingerprint density at radius 3 is 2.41 bits per heavy atom. The largest absolute Gasteiger partial charge is 0.397 e. The first-order valence-electron chi connectivity index (χ1n) is 14.8. The standard InChI is InChI=1S/C36H39N7O/c1-23-18-29(14-15-38-23)41-28-10-12-32(37)35(20-28)40-25(3)26-6-8-27(9-7-26)42-34-19-24(2)39-33-13-11-30(21-31(33)34)43-16-17-44-36(4,5)22-43/h6-15,18-21,40H,3,16-17,22,37H2,1-2,4-5H3,(H,38,41)(H,39,42). The predicted molar refractivity (Wildman–Crippen MR) is 184 cm³/mol. The van der Waals surface area contributed by atoms with Gasteiger partial charge in [-0.15, -0.1) is 0 Å². The molecule has 224 valence electrons. The second kappa shape index (κ2) is 11.9. The van der Waals surface area contributed by atoms with E-state index >= 15 is 0 Å². The second-order valence-electron chi connectivity index (χ2n) is 12.0. The maximum absolute atomic E-state index is 6.31. The van der Waals surface area contributed by atoms with E-state index in [1.807, 2.05) is 56.3 Å². The molecule has 0 spiro atoms. The highest BCUT2D eigenvalue weighted by atomic mass is 16.5. The van der Waals surface area contributed by atoms with Gasteiger partial charge in [0.25, 0.3) is 0 Å². The monoisotopic (exact) mass is 585 g/mol. The van der Waals surface area contributed by atoms with E-state index in [4.69, 9.17) is 15.5 Å². The molecule has 8 heteroatoms. The highest BCUT2D eigenvalue weighted by Crippen LogP contribution is 2.33. The van der Waals surface area contributed by atoms with Crippen molar-refractivity contribution >= 4 is 56.4 Å². The molecule has 1 fully saturated rings. The maximum Gasteiger partial charge on any atom is 0.0801 e. The Balaban J connectivity index is 1.18. The molecule has 0 aliphatic carbocycles. The number of ether oxygens (including phenoxy) is 1. The number of nitrogens with zero attached hydrogens (tertiary/aromatic N) is 3. The molecule has 0 atom stereocenters. The Hall–Kier alpha value is -5.08. The minimum atomic E-state index is -0.175. The fourth-order valence-electron chi connectivity index (χ4n) is 5.56. The molecule has 0 bridgehead atoms. The Morgan fingerprint density at radius 2 is 1.64 bits per heavy atom. The first-order chi connectivity index (χ1) is 21.1. The zero-order chi connectivity index (χ0) is 30.8. The molecule has 1 aliphatic rings. The lowest BCUT2D eigenvalue weighted by Crippen LogP contribution is -2.48. The topological polar surface area (TPSA) is 100 Å². The van der Waals surface area contributed by atoms with Gasteiger partial charge in [-0.05, 0) is 100.0 Å². The zero-order valence-electron chi connectivity index (χ0n) is 25.7. The van der Waals surface area contributed by atoms with Crippen LogP contribution in [-0.2, 0) is 4.74 Å². The Kier molecular flexibility index (Phi) is 7.84. The number of hydrogen-bond acceptors (Lipinski definition) is 8. The van der Waals surface area contributed by atoms with Crippen molar-refractivity contribution in [3.05, 3.63) is 109 Å². The fraction of sp³-hybridized carbons (Fsp3) is 0.222. The number of benzene rings is 3. The average Bonchev–Trinajstić information content (AvgIpc) is 2.98. The quantitative estimate of drug-likeness (QED) is 0.136. The van der Waals surface area contributed by atoms with Gasteiger partial charge >= 0.3 is 0 Å². The zero-order valence-corrected chi connectivity index (χ0v) is 25.7. The molecule has 3 heterocycles. The summed E-state index contributed by atoms with van der Waals surface area (Å²) >= 11 is 0. The van der Waals surface area contributed by atoms with Gasteiger partial charge in [0.15, 0.2) is 0 Å². The van der Waals surface area contributed by atoms with Crippen molar-refractivity contribution in [1.82, 2.24) is 9.97 Å². The SMILES string of the molecule is C=C(Nc1cc(Nc2ccnc(C)c2)ccc1N)c1ccc(Nc2cc(C)nc3ccc(N4CCOC(C)(C)C4)cc23)cc1. The summed E-state index contributed by atoms with van der Waals surface area (Å²) in [7, 11) is 0. The predicted octanol–water partition coefficient (Wildman–Crippen LogP) is 8.01. The highest BCUT2D eigenvalue weighted by molar-refractivity contribution is 5.95. The van der Waals surface area contributed by atoms with Crippen molar-refractivity contribution in [3.8, 4) is 0 Å². The molecular weight excluding hydrogens is 546 g/mol. The third-order valence-corrected chi connectivity index (χ3v) is 7.75. The number of anilines is 7. The van der Waals surface area contributed by atoms with E-state index in [1.165, 1.54) is 5.69 Å². The third kappa shape index (κ3) is 6.61. The van der Waals surface area contributed by atoms with Crippen LogP contribution in [0.3, 0.4) is 0 Å². The summed E-state index contributed by atoms with van der Waals surface area (Å²) in [5.41, 5.74) is 17.2. The highest BCUT2D eigenvalue weighted by Gasteiger charge is 2.27. The minimum absolute atomic E-state index is 0.175. The van der Waals surface area contributed by atoms with E-state index in [1.54, 1.807) is 6.20 Å². The molecule has 5 N–H and O–H groups in total. The number of morpholine rings is 1. The summed E-state index contributed by atoms with van der Waals surface area (Å²) < 4.78 is 5.93. The van der Waals surface area contributed by atoms with Crippen LogP contribution >= 0.6 is 0 Å². The fourth-order valence-corrected chi connectivity index (χ4v) is 5.56. The lowest BCUT2D eigenvalue weighted by Gasteiger charge is -2.39.